The molecule has 0 aromatic carbocycles. The SMILES string of the molecule is CCCC(NC(C)(C)C(N)=O)C(=O)OCC. The van der Waals surface area contributed by atoms with Crippen LogP contribution in [0.2, 0.25) is 0 Å². The van der Waals surface area contributed by atoms with Gasteiger partial charge in [0.25, 0.3) is 0 Å². The van der Waals surface area contributed by atoms with Crippen molar-refractivity contribution < 1.29 is 14.3 Å². The first kappa shape index (κ1) is 14.9. The highest BCUT2D eigenvalue weighted by Crippen LogP contribution is 2.08. The number of esters is 1. The monoisotopic (exact) mass is 230 g/mol. The lowest BCUT2D eigenvalue weighted by molar-refractivity contribution is -0.146. The van der Waals surface area contributed by atoms with Gasteiger partial charge in [-0.25, -0.2) is 0 Å². The molecule has 3 N–H and O–H groups in total. The second-order valence-electron chi connectivity index (χ2n) is 4.23. The molecule has 16 heavy (non-hydrogen) atoms. The van der Waals surface area contributed by atoms with E-state index < -0.39 is 17.5 Å². The zero-order valence-electron chi connectivity index (χ0n) is 10.5. The Kier molecular flexibility index (Phi) is 6.03. The summed E-state index contributed by atoms with van der Waals surface area (Å²) in [5.41, 5.74) is 4.33. The minimum Gasteiger partial charge on any atom is -0.465 e. The van der Waals surface area contributed by atoms with Gasteiger partial charge in [-0.2, -0.15) is 0 Å². The molecule has 1 amide bonds. The van der Waals surface area contributed by atoms with Gasteiger partial charge in [-0.05, 0) is 27.2 Å². The predicted octanol–water partition coefficient (Wildman–Crippen LogP) is 0.572. The third-order valence-corrected chi connectivity index (χ3v) is 2.30. The molecule has 0 saturated carbocycles. The first-order chi connectivity index (χ1) is 7.35. The van der Waals surface area contributed by atoms with Crippen LogP contribution in [-0.4, -0.2) is 30.1 Å². The summed E-state index contributed by atoms with van der Waals surface area (Å²) < 4.78 is 4.93. The van der Waals surface area contributed by atoms with E-state index in [0.717, 1.165) is 6.42 Å². The zero-order valence-corrected chi connectivity index (χ0v) is 10.5. The number of hydrogen-bond donors (Lipinski definition) is 2. The Morgan fingerprint density at radius 3 is 2.31 bits per heavy atom. The van der Waals surface area contributed by atoms with Crippen molar-refractivity contribution in [1.29, 1.82) is 0 Å². The molecular formula is C11H22N2O3. The fourth-order valence-corrected chi connectivity index (χ4v) is 1.29. The summed E-state index contributed by atoms with van der Waals surface area (Å²) in [6.45, 7) is 7.34. The Morgan fingerprint density at radius 2 is 1.94 bits per heavy atom. The van der Waals surface area contributed by atoms with Crippen LogP contribution in [0.5, 0.6) is 0 Å². The lowest BCUT2D eigenvalue weighted by atomic mass is 10.0. The van der Waals surface area contributed by atoms with Crippen molar-refractivity contribution in [3.8, 4) is 0 Å². The maximum atomic E-state index is 11.6. The zero-order chi connectivity index (χ0) is 12.8. The Bertz CT molecular complexity index is 252. The topological polar surface area (TPSA) is 81.4 Å². The van der Waals surface area contributed by atoms with Crippen LogP contribution < -0.4 is 11.1 Å². The Labute approximate surface area is 96.7 Å². The average molecular weight is 230 g/mol. The van der Waals surface area contributed by atoms with Crippen LogP contribution in [0.3, 0.4) is 0 Å². The fraction of sp³-hybridized carbons (Fsp3) is 0.818. The maximum absolute atomic E-state index is 11.6. The van der Waals surface area contributed by atoms with Crippen molar-refractivity contribution in [3.05, 3.63) is 0 Å². The van der Waals surface area contributed by atoms with E-state index in [2.05, 4.69) is 5.32 Å². The van der Waals surface area contributed by atoms with Crippen molar-refractivity contribution >= 4 is 11.9 Å². The number of nitrogens with one attached hydrogen (secondary N) is 1. The van der Waals surface area contributed by atoms with E-state index in [1.807, 2.05) is 6.92 Å². The summed E-state index contributed by atoms with van der Waals surface area (Å²) in [5.74, 6) is -0.823. The van der Waals surface area contributed by atoms with E-state index in [1.165, 1.54) is 0 Å². The first-order valence-electron chi connectivity index (χ1n) is 5.59. The Hall–Kier alpha value is -1.10. The number of hydrogen-bond acceptors (Lipinski definition) is 4. The van der Waals surface area contributed by atoms with E-state index in [9.17, 15) is 9.59 Å². The van der Waals surface area contributed by atoms with Gasteiger partial charge in [0.1, 0.15) is 6.04 Å². The molecule has 0 spiro atoms. The molecule has 0 heterocycles. The second kappa shape index (κ2) is 6.48. The molecule has 0 radical (unpaired) electrons. The van der Waals surface area contributed by atoms with Crippen LogP contribution in [0.1, 0.15) is 40.5 Å². The van der Waals surface area contributed by atoms with Gasteiger partial charge in [0.05, 0.1) is 12.1 Å². The quantitative estimate of drug-likeness (QED) is 0.626. The molecule has 0 aliphatic heterocycles. The molecule has 5 heteroatoms. The van der Waals surface area contributed by atoms with Crippen LogP contribution in [0.4, 0.5) is 0 Å². The molecule has 5 nitrogen and oxygen atoms in total. The Morgan fingerprint density at radius 1 is 1.38 bits per heavy atom. The average Bonchev–Trinajstić information content (AvgIpc) is 2.17. The highest BCUT2D eigenvalue weighted by atomic mass is 16.5. The molecule has 1 unspecified atom stereocenters. The van der Waals surface area contributed by atoms with Crippen molar-refractivity contribution in [2.24, 2.45) is 5.73 Å². The molecule has 0 aromatic heterocycles. The van der Waals surface area contributed by atoms with Gasteiger partial charge in [0.2, 0.25) is 5.91 Å². The number of ether oxygens (including phenoxy) is 1. The van der Waals surface area contributed by atoms with Crippen LogP contribution in [-0.2, 0) is 14.3 Å². The number of nitrogens with two attached hydrogens (primary N) is 1. The van der Waals surface area contributed by atoms with Gasteiger partial charge in [0, 0.05) is 0 Å². The van der Waals surface area contributed by atoms with Gasteiger partial charge in [-0.3, -0.25) is 14.9 Å². The second-order valence-corrected chi connectivity index (χ2v) is 4.23. The maximum Gasteiger partial charge on any atom is 0.323 e. The van der Waals surface area contributed by atoms with Crippen LogP contribution in [0.15, 0.2) is 0 Å². The molecule has 0 aliphatic carbocycles. The first-order valence-corrected chi connectivity index (χ1v) is 5.59. The highest BCUT2D eigenvalue weighted by Gasteiger charge is 2.31. The molecule has 0 aliphatic rings. The summed E-state index contributed by atoms with van der Waals surface area (Å²) in [6, 6.07) is -0.479. The third kappa shape index (κ3) is 4.61. The van der Waals surface area contributed by atoms with E-state index in [-0.39, 0.29) is 5.97 Å². The van der Waals surface area contributed by atoms with Gasteiger partial charge in [-0.15, -0.1) is 0 Å². The van der Waals surface area contributed by atoms with Crippen molar-refractivity contribution in [1.82, 2.24) is 5.32 Å². The highest BCUT2D eigenvalue weighted by molar-refractivity contribution is 5.85. The lowest BCUT2D eigenvalue weighted by Crippen LogP contribution is -2.56. The molecular weight excluding hydrogens is 208 g/mol. The number of rotatable bonds is 7. The van der Waals surface area contributed by atoms with E-state index in [4.69, 9.17) is 10.5 Å². The van der Waals surface area contributed by atoms with E-state index in [1.54, 1.807) is 20.8 Å². The molecule has 0 saturated heterocycles. The minimum atomic E-state index is -0.910. The number of carbonyl (C=O) groups is 2. The normalized spacial score (nSPS) is 13.2. The smallest absolute Gasteiger partial charge is 0.323 e. The molecule has 0 fully saturated rings. The van der Waals surface area contributed by atoms with E-state index >= 15 is 0 Å². The van der Waals surface area contributed by atoms with Gasteiger partial charge < -0.3 is 10.5 Å². The molecule has 94 valence electrons. The largest absolute Gasteiger partial charge is 0.465 e. The number of carbonyl (C=O) groups excluding carboxylic acids is 2. The molecule has 0 bridgehead atoms. The van der Waals surface area contributed by atoms with Crippen LogP contribution >= 0.6 is 0 Å². The minimum absolute atomic E-state index is 0.331. The predicted molar refractivity (Wildman–Crippen MR) is 61.7 cm³/mol. The van der Waals surface area contributed by atoms with Gasteiger partial charge in [-0.1, -0.05) is 13.3 Å². The van der Waals surface area contributed by atoms with Crippen LogP contribution in [0, 0.1) is 0 Å². The van der Waals surface area contributed by atoms with E-state index in [0.29, 0.717) is 13.0 Å². The van der Waals surface area contributed by atoms with Crippen LogP contribution in [0.25, 0.3) is 0 Å². The van der Waals surface area contributed by atoms with Crippen molar-refractivity contribution in [2.75, 3.05) is 6.61 Å². The van der Waals surface area contributed by atoms with Gasteiger partial charge >= 0.3 is 5.97 Å². The summed E-state index contributed by atoms with van der Waals surface area (Å²) in [4.78, 5) is 22.7. The van der Waals surface area contributed by atoms with Crippen molar-refractivity contribution in [2.45, 2.75) is 52.1 Å². The number of primary amides is 1. The van der Waals surface area contributed by atoms with Crippen molar-refractivity contribution in [3.63, 3.8) is 0 Å². The summed E-state index contributed by atoms with van der Waals surface area (Å²) in [5, 5.41) is 2.93. The summed E-state index contributed by atoms with van der Waals surface area (Å²) in [6.07, 6.45) is 1.45. The standard InChI is InChI=1S/C11H22N2O3/c1-5-7-8(9(14)16-6-2)13-11(3,4)10(12)15/h8,13H,5-7H2,1-4H3,(H2,12,15). The molecule has 0 rings (SSSR count). The van der Waals surface area contributed by atoms with Gasteiger partial charge in [0.15, 0.2) is 0 Å². The summed E-state index contributed by atoms with van der Waals surface area (Å²) >= 11 is 0. The molecule has 0 aromatic rings. The fourth-order valence-electron chi connectivity index (χ4n) is 1.29. The number of amides is 1. The third-order valence-electron chi connectivity index (χ3n) is 2.30. The summed E-state index contributed by atoms with van der Waals surface area (Å²) in [7, 11) is 0. The lowest BCUT2D eigenvalue weighted by Gasteiger charge is -2.27. The Balaban J connectivity index is 4.55. The molecule has 1 atom stereocenters.